The van der Waals surface area contributed by atoms with Crippen LogP contribution in [-0.2, 0) is 6.54 Å². The van der Waals surface area contributed by atoms with Gasteiger partial charge in [-0.3, -0.25) is 4.79 Å². The highest BCUT2D eigenvalue weighted by Gasteiger charge is 2.10. The molecule has 0 bridgehead atoms. The normalized spacial score (nSPS) is 10.6. The molecule has 20 heavy (non-hydrogen) atoms. The lowest BCUT2D eigenvalue weighted by molar-refractivity contribution is 0.665. The van der Waals surface area contributed by atoms with Gasteiger partial charge in [-0.25, -0.2) is 4.68 Å². The molecule has 0 aliphatic heterocycles. The van der Waals surface area contributed by atoms with Gasteiger partial charge in [0.2, 0.25) is 0 Å². The lowest BCUT2D eigenvalue weighted by atomic mass is 10.1. The molecule has 3 aromatic rings. The maximum absolute atomic E-state index is 12.4. The van der Waals surface area contributed by atoms with Gasteiger partial charge in [-0.2, -0.15) is 5.10 Å². The fraction of sp³-hybridized carbons (Fsp3) is 0.0588. The molecule has 0 saturated carbocycles. The van der Waals surface area contributed by atoms with E-state index in [1.54, 1.807) is 6.08 Å². The first-order valence-corrected chi connectivity index (χ1v) is 6.47. The SMILES string of the molecule is C=CCn1nc(-c2ccccc2)c2ccccc2c1=O. The maximum Gasteiger partial charge on any atom is 0.274 e. The predicted molar refractivity (Wildman–Crippen MR) is 81.6 cm³/mol. The summed E-state index contributed by atoms with van der Waals surface area (Å²) in [5, 5.41) is 6.06. The van der Waals surface area contributed by atoms with Crippen LogP contribution in [0.3, 0.4) is 0 Å². The topological polar surface area (TPSA) is 34.9 Å². The van der Waals surface area contributed by atoms with Crippen molar-refractivity contribution < 1.29 is 0 Å². The summed E-state index contributed by atoms with van der Waals surface area (Å²) in [5.41, 5.74) is 1.74. The number of fused-ring (bicyclic) bond motifs is 1. The van der Waals surface area contributed by atoms with Crippen molar-refractivity contribution in [3.05, 3.63) is 77.6 Å². The summed E-state index contributed by atoms with van der Waals surface area (Å²) >= 11 is 0. The Kier molecular flexibility index (Phi) is 3.17. The highest BCUT2D eigenvalue weighted by Crippen LogP contribution is 2.24. The van der Waals surface area contributed by atoms with Crippen molar-refractivity contribution in [1.82, 2.24) is 9.78 Å². The molecule has 0 aliphatic carbocycles. The van der Waals surface area contributed by atoms with Crippen LogP contribution in [-0.4, -0.2) is 9.78 Å². The number of hydrogen-bond donors (Lipinski definition) is 0. The average Bonchev–Trinajstić information content (AvgIpc) is 2.51. The zero-order chi connectivity index (χ0) is 13.9. The van der Waals surface area contributed by atoms with Crippen molar-refractivity contribution in [3.8, 4) is 11.3 Å². The molecule has 98 valence electrons. The van der Waals surface area contributed by atoms with Gasteiger partial charge in [-0.15, -0.1) is 6.58 Å². The number of benzene rings is 2. The van der Waals surface area contributed by atoms with Crippen molar-refractivity contribution in [3.63, 3.8) is 0 Å². The fourth-order valence-corrected chi connectivity index (χ4v) is 2.29. The standard InChI is InChI=1S/C17H14N2O/c1-2-12-19-17(20)15-11-7-6-10-14(15)16(18-19)13-8-4-3-5-9-13/h2-11H,1,12H2. The van der Waals surface area contributed by atoms with Gasteiger partial charge in [0.25, 0.3) is 5.56 Å². The third-order valence-electron chi connectivity index (χ3n) is 3.22. The molecule has 0 radical (unpaired) electrons. The summed E-state index contributed by atoms with van der Waals surface area (Å²) in [6.07, 6.45) is 1.68. The van der Waals surface area contributed by atoms with Crippen molar-refractivity contribution in [1.29, 1.82) is 0 Å². The molecular formula is C17H14N2O. The summed E-state index contributed by atoms with van der Waals surface area (Å²) in [7, 11) is 0. The molecule has 3 nitrogen and oxygen atoms in total. The smallest absolute Gasteiger partial charge is 0.267 e. The molecule has 0 amide bonds. The second-order valence-corrected chi connectivity index (χ2v) is 4.54. The van der Waals surface area contributed by atoms with Gasteiger partial charge in [0, 0.05) is 10.9 Å². The zero-order valence-electron chi connectivity index (χ0n) is 11.0. The molecule has 0 spiro atoms. The fourth-order valence-electron chi connectivity index (χ4n) is 2.29. The van der Waals surface area contributed by atoms with Gasteiger partial charge in [-0.1, -0.05) is 54.6 Å². The zero-order valence-corrected chi connectivity index (χ0v) is 11.0. The Morgan fingerprint density at radius 3 is 2.35 bits per heavy atom. The molecule has 0 fully saturated rings. The van der Waals surface area contributed by atoms with Crippen molar-refractivity contribution >= 4 is 10.8 Å². The van der Waals surface area contributed by atoms with Crippen molar-refractivity contribution in [2.45, 2.75) is 6.54 Å². The predicted octanol–water partition coefficient (Wildman–Crippen LogP) is 3.25. The molecule has 1 aromatic heterocycles. The molecule has 1 heterocycles. The van der Waals surface area contributed by atoms with Gasteiger partial charge >= 0.3 is 0 Å². The van der Waals surface area contributed by atoms with Crippen LogP contribution in [0.1, 0.15) is 0 Å². The lowest BCUT2D eigenvalue weighted by Crippen LogP contribution is -2.23. The van der Waals surface area contributed by atoms with Crippen LogP contribution < -0.4 is 5.56 Å². The van der Waals surface area contributed by atoms with Crippen LogP contribution in [0, 0.1) is 0 Å². The number of rotatable bonds is 3. The van der Waals surface area contributed by atoms with Gasteiger partial charge in [-0.05, 0) is 6.07 Å². The van der Waals surface area contributed by atoms with Crippen LogP contribution in [0.2, 0.25) is 0 Å². The van der Waals surface area contributed by atoms with Crippen LogP contribution in [0.4, 0.5) is 0 Å². The van der Waals surface area contributed by atoms with Crippen LogP contribution in [0.5, 0.6) is 0 Å². The molecular weight excluding hydrogens is 248 g/mol. The van der Waals surface area contributed by atoms with Gasteiger partial charge in [0.15, 0.2) is 0 Å². The van der Waals surface area contributed by atoms with E-state index < -0.39 is 0 Å². The summed E-state index contributed by atoms with van der Waals surface area (Å²) in [5.74, 6) is 0. The Balaban J connectivity index is 2.39. The van der Waals surface area contributed by atoms with E-state index in [9.17, 15) is 4.79 Å². The quantitative estimate of drug-likeness (QED) is 0.679. The molecule has 0 saturated heterocycles. The van der Waals surface area contributed by atoms with E-state index in [-0.39, 0.29) is 5.56 Å². The molecule has 0 aliphatic rings. The van der Waals surface area contributed by atoms with Crippen LogP contribution >= 0.6 is 0 Å². The summed E-state index contributed by atoms with van der Waals surface area (Å²) in [6.45, 7) is 4.09. The molecule has 0 atom stereocenters. The average molecular weight is 262 g/mol. The van der Waals surface area contributed by atoms with E-state index in [4.69, 9.17) is 0 Å². The minimum Gasteiger partial charge on any atom is -0.267 e. The first kappa shape index (κ1) is 12.4. The van der Waals surface area contributed by atoms with E-state index in [1.807, 2.05) is 54.6 Å². The number of hydrogen-bond acceptors (Lipinski definition) is 2. The van der Waals surface area contributed by atoms with E-state index >= 15 is 0 Å². The minimum absolute atomic E-state index is 0.0832. The van der Waals surface area contributed by atoms with Gasteiger partial charge in [0.1, 0.15) is 0 Å². The largest absolute Gasteiger partial charge is 0.274 e. The van der Waals surface area contributed by atoms with E-state index in [0.29, 0.717) is 11.9 Å². The van der Waals surface area contributed by atoms with Gasteiger partial charge < -0.3 is 0 Å². The Morgan fingerprint density at radius 1 is 1.00 bits per heavy atom. The highest BCUT2D eigenvalue weighted by atomic mass is 16.1. The maximum atomic E-state index is 12.4. The Bertz CT molecular complexity index is 819. The monoisotopic (exact) mass is 262 g/mol. The van der Waals surface area contributed by atoms with Crippen molar-refractivity contribution in [2.75, 3.05) is 0 Å². The third kappa shape index (κ3) is 2.03. The van der Waals surface area contributed by atoms with Crippen LogP contribution in [0.15, 0.2) is 72.0 Å². The second-order valence-electron chi connectivity index (χ2n) is 4.54. The first-order chi connectivity index (χ1) is 9.81. The van der Waals surface area contributed by atoms with Gasteiger partial charge in [0.05, 0.1) is 17.6 Å². The molecule has 2 aromatic carbocycles. The van der Waals surface area contributed by atoms with E-state index in [0.717, 1.165) is 16.6 Å². The highest BCUT2D eigenvalue weighted by molar-refractivity contribution is 5.93. The van der Waals surface area contributed by atoms with E-state index in [1.165, 1.54) is 4.68 Å². The third-order valence-corrected chi connectivity index (χ3v) is 3.22. The molecule has 3 heteroatoms. The second kappa shape index (κ2) is 5.13. The van der Waals surface area contributed by atoms with Crippen LogP contribution in [0.25, 0.3) is 22.0 Å². The van der Waals surface area contributed by atoms with Crippen molar-refractivity contribution in [2.24, 2.45) is 0 Å². The lowest BCUT2D eigenvalue weighted by Gasteiger charge is -2.09. The number of aromatic nitrogens is 2. The number of allylic oxidation sites excluding steroid dienone is 1. The summed E-state index contributed by atoms with van der Waals surface area (Å²) in [6, 6.07) is 17.5. The minimum atomic E-state index is -0.0832. The Labute approximate surface area is 116 Å². The Hall–Kier alpha value is -2.68. The summed E-state index contributed by atoms with van der Waals surface area (Å²) in [4.78, 5) is 12.4. The molecule has 3 rings (SSSR count). The Morgan fingerprint density at radius 2 is 1.65 bits per heavy atom. The first-order valence-electron chi connectivity index (χ1n) is 6.47. The number of nitrogens with zero attached hydrogens (tertiary/aromatic N) is 2. The molecule has 0 unspecified atom stereocenters. The van der Waals surface area contributed by atoms with E-state index in [2.05, 4.69) is 11.7 Å². The molecule has 0 N–H and O–H groups in total. The summed E-state index contributed by atoms with van der Waals surface area (Å²) < 4.78 is 1.46.